The summed E-state index contributed by atoms with van der Waals surface area (Å²) in [5.41, 5.74) is 0.792. The SMILES string of the molecule is COC(=O)/C=C(/Nc1ccccc1NC(C)=O)C(=O)OC. The number of benzene rings is 1. The van der Waals surface area contributed by atoms with Gasteiger partial charge in [0, 0.05) is 6.92 Å². The maximum Gasteiger partial charge on any atom is 0.354 e. The lowest BCUT2D eigenvalue weighted by molar-refractivity contribution is -0.138. The van der Waals surface area contributed by atoms with Crippen LogP contribution in [0.1, 0.15) is 6.92 Å². The molecular weight excluding hydrogens is 276 g/mol. The molecule has 112 valence electrons. The fourth-order valence-corrected chi connectivity index (χ4v) is 1.47. The van der Waals surface area contributed by atoms with E-state index in [2.05, 4.69) is 20.1 Å². The van der Waals surface area contributed by atoms with Crippen LogP contribution in [0, 0.1) is 0 Å². The Labute approximate surface area is 121 Å². The number of anilines is 2. The van der Waals surface area contributed by atoms with Gasteiger partial charge >= 0.3 is 11.9 Å². The predicted octanol–water partition coefficient (Wildman–Crippen LogP) is 1.29. The van der Waals surface area contributed by atoms with E-state index in [1.165, 1.54) is 21.1 Å². The van der Waals surface area contributed by atoms with Gasteiger partial charge in [-0.1, -0.05) is 12.1 Å². The lowest BCUT2D eigenvalue weighted by atomic mass is 10.2. The summed E-state index contributed by atoms with van der Waals surface area (Å²) in [6.07, 6.45) is 0.969. The van der Waals surface area contributed by atoms with E-state index in [1.54, 1.807) is 24.3 Å². The monoisotopic (exact) mass is 292 g/mol. The van der Waals surface area contributed by atoms with Crippen molar-refractivity contribution >= 4 is 29.2 Å². The first-order chi connectivity index (χ1) is 9.97. The maximum atomic E-state index is 11.7. The summed E-state index contributed by atoms with van der Waals surface area (Å²) in [5.74, 6) is -1.71. The van der Waals surface area contributed by atoms with Gasteiger partial charge in [0.1, 0.15) is 5.70 Å². The molecule has 0 radical (unpaired) electrons. The van der Waals surface area contributed by atoms with Gasteiger partial charge in [-0.25, -0.2) is 9.59 Å². The smallest absolute Gasteiger partial charge is 0.354 e. The minimum absolute atomic E-state index is 0.109. The van der Waals surface area contributed by atoms with Gasteiger partial charge in [-0.3, -0.25) is 4.79 Å². The number of hydrogen-bond donors (Lipinski definition) is 2. The van der Waals surface area contributed by atoms with Crippen LogP contribution < -0.4 is 10.6 Å². The predicted molar refractivity (Wildman–Crippen MR) is 76.5 cm³/mol. The van der Waals surface area contributed by atoms with E-state index >= 15 is 0 Å². The molecule has 1 rings (SSSR count). The van der Waals surface area contributed by atoms with E-state index in [4.69, 9.17) is 0 Å². The second-order valence-corrected chi connectivity index (χ2v) is 3.92. The van der Waals surface area contributed by atoms with Crippen LogP contribution in [0.3, 0.4) is 0 Å². The molecule has 0 aliphatic carbocycles. The number of rotatable bonds is 5. The van der Waals surface area contributed by atoms with Crippen molar-refractivity contribution in [1.29, 1.82) is 0 Å². The number of nitrogens with one attached hydrogen (secondary N) is 2. The zero-order valence-corrected chi connectivity index (χ0v) is 11.9. The van der Waals surface area contributed by atoms with Crippen molar-refractivity contribution in [3.8, 4) is 0 Å². The highest BCUT2D eigenvalue weighted by molar-refractivity contribution is 6.00. The number of carbonyl (C=O) groups is 3. The summed E-state index contributed by atoms with van der Waals surface area (Å²) in [4.78, 5) is 34.1. The van der Waals surface area contributed by atoms with Crippen LogP contribution in [0.2, 0.25) is 0 Å². The Morgan fingerprint density at radius 1 is 1.00 bits per heavy atom. The molecule has 0 bridgehead atoms. The molecule has 1 aromatic rings. The number of hydrogen-bond acceptors (Lipinski definition) is 6. The fraction of sp³-hybridized carbons (Fsp3) is 0.214. The van der Waals surface area contributed by atoms with Crippen molar-refractivity contribution in [1.82, 2.24) is 0 Å². The lowest BCUT2D eigenvalue weighted by Gasteiger charge is -2.13. The Bertz CT molecular complexity index is 580. The van der Waals surface area contributed by atoms with Crippen LogP contribution in [-0.2, 0) is 23.9 Å². The van der Waals surface area contributed by atoms with E-state index in [9.17, 15) is 14.4 Å². The van der Waals surface area contributed by atoms with E-state index in [1.807, 2.05) is 0 Å². The number of para-hydroxylation sites is 2. The second kappa shape index (κ2) is 7.68. The number of amides is 1. The highest BCUT2D eigenvalue weighted by Crippen LogP contribution is 2.22. The molecule has 0 fully saturated rings. The average Bonchev–Trinajstić information content (AvgIpc) is 2.46. The summed E-state index contributed by atoms with van der Waals surface area (Å²) in [7, 11) is 2.38. The summed E-state index contributed by atoms with van der Waals surface area (Å²) < 4.78 is 9.06. The number of methoxy groups -OCH3 is 2. The highest BCUT2D eigenvalue weighted by atomic mass is 16.5. The van der Waals surface area contributed by atoms with E-state index < -0.39 is 11.9 Å². The molecule has 0 aliphatic rings. The van der Waals surface area contributed by atoms with Crippen molar-refractivity contribution in [2.75, 3.05) is 24.9 Å². The van der Waals surface area contributed by atoms with Crippen LogP contribution in [0.25, 0.3) is 0 Å². The first kappa shape index (κ1) is 16.2. The van der Waals surface area contributed by atoms with Crippen molar-refractivity contribution < 1.29 is 23.9 Å². The number of esters is 2. The molecule has 0 aromatic heterocycles. The topological polar surface area (TPSA) is 93.7 Å². The largest absolute Gasteiger partial charge is 0.466 e. The molecule has 7 heteroatoms. The van der Waals surface area contributed by atoms with Crippen molar-refractivity contribution in [2.24, 2.45) is 0 Å². The first-order valence-corrected chi connectivity index (χ1v) is 5.99. The molecular formula is C14H16N2O5. The van der Waals surface area contributed by atoms with Gasteiger partial charge in [-0.05, 0) is 12.1 Å². The molecule has 2 N–H and O–H groups in total. The van der Waals surface area contributed by atoms with Crippen molar-refractivity contribution in [3.63, 3.8) is 0 Å². The Kier molecular flexibility index (Phi) is 5.94. The van der Waals surface area contributed by atoms with E-state index in [0.29, 0.717) is 11.4 Å². The maximum absolute atomic E-state index is 11.7. The molecule has 21 heavy (non-hydrogen) atoms. The molecule has 0 atom stereocenters. The van der Waals surface area contributed by atoms with Gasteiger partial charge in [0.05, 0.1) is 31.7 Å². The van der Waals surface area contributed by atoms with Gasteiger partial charge in [-0.15, -0.1) is 0 Å². The summed E-state index contributed by atoms with van der Waals surface area (Å²) in [6, 6.07) is 6.72. The zero-order valence-electron chi connectivity index (χ0n) is 11.9. The van der Waals surface area contributed by atoms with Gasteiger partial charge in [0.2, 0.25) is 5.91 Å². The van der Waals surface area contributed by atoms with E-state index in [-0.39, 0.29) is 11.6 Å². The van der Waals surface area contributed by atoms with Crippen LogP contribution in [0.15, 0.2) is 36.0 Å². The minimum Gasteiger partial charge on any atom is -0.466 e. The molecule has 1 aromatic carbocycles. The standard InChI is InChI=1S/C14H16N2O5/c1-9(17)15-10-6-4-5-7-11(10)16-12(14(19)21-3)8-13(18)20-2/h4-8,16H,1-3H3,(H,15,17)/b12-8+. The Morgan fingerprint density at radius 2 is 1.57 bits per heavy atom. The first-order valence-electron chi connectivity index (χ1n) is 5.99. The molecule has 1 amide bonds. The summed E-state index contributed by atoms with van der Waals surface area (Å²) >= 11 is 0. The van der Waals surface area contributed by atoms with Crippen molar-refractivity contribution in [2.45, 2.75) is 6.92 Å². The molecule has 0 unspecified atom stereocenters. The highest BCUT2D eigenvalue weighted by Gasteiger charge is 2.14. The molecule has 7 nitrogen and oxygen atoms in total. The normalized spacial score (nSPS) is 10.5. The average molecular weight is 292 g/mol. The number of carbonyl (C=O) groups excluding carboxylic acids is 3. The zero-order chi connectivity index (χ0) is 15.8. The van der Waals surface area contributed by atoms with Gasteiger partial charge in [-0.2, -0.15) is 0 Å². The van der Waals surface area contributed by atoms with Crippen LogP contribution >= 0.6 is 0 Å². The second-order valence-electron chi connectivity index (χ2n) is 3.92. The quantitative estimate of drug-likeness (QED) is 0.627. The van der Waals surface area contributed by atoms with Crippen LogP contribution in [-0.4, -0.2) is 32.1 Å². The molecule has 0 spiro atoms. The molecule has 0 aliphatic heterocycles. The lowest BCUT2D eigenvalue weighted by Crippen LogP contribution is -2.17. The molecule has 0 heterocycles. The molecule has 0 saturated heterocycles. The van der Waals surface area contributed by atoms with Gasteiger partial charge < -0.3 is 20.1 Å². The van der Waals surface area contributed by atoms with Crippen LogP contribution in [0.4, 0.5) is 11.4 Å². The third kappa shape index (κ3) is 4.98. The summed E-state index contributed by atoms with van der Waals surface area (Å²) in [6.45, 7) is 1.36. The fourth-order valence-electron chi connectivity index (χ4n) is 1.47. The third-order valence-electron chi connectivity index (χ3n) is 2.38. The third-order valence-corrected chi connectivity index (χ3v) is 2.38. The minimum atomic E-state index is -0.738. The van der Waals surface area contributed by atoms with E-state index in [0.717, 1.165) is 6.08 Å². The molecule has 0 saturated carbocycles. The van der Waals surface area contributed by atoms with Crippen molar-refractivity contribution in [3.05, 3.63) is 36.0 Å². The Balaban J connectivity index is 3.09. The van der Waals surface area contributed by atoms with Gasteiger partial charge in [0.15, 0.2) is 0 Å². The summed E-state index contributed by atoms with van der Waals surface area (Å²) in [5, 5.41) is 5.35. The number of ether oxygens (including phenoxy) is 2. The van der Waals surface area contributed by atoms with Gasteiger partial charge in [0.25, 0.3) is 0 Å². The van der Waals surface area contributed by atoms with Crippen LogP contribution in [0.5, 0.6) is 0 Å². The Morgan fingerprint density at radius 3 is 2.05 bits per heavy atom. The Hall–Kier alpha value is -2.83.